The zero-order valence-electron chi connectivity index (χ0n) is 9.80. The Kier molecular flexibility index (Phi) is 3.79. The third-order valence-electron chi connectivity index (χ3n) is 2.50. The maximum absolute atomic E-state index is 11.3. The van der Waals surface area contributed by atoms with Crippen LogP contribution in [0, 0.1) is 0 Å². The van der Waals surface area contributed by atoms with Crippen LogP contribution in [0.5, 0.6) is 0 Å². The molecule has 0 aromatic heterocycles. The Morgan fingerprint density at radius 1 is 1.05 bits per heavy atom. The van der Waals surface area contributed by atoms with Crippen LogP contribution >= 0.6 is 15.9 Å². The second kappa shape index (κ2) is 5.20. The van der Waals surface area contributed by atoms with Crippen molar-refractivity contribution in [1.29, 1.82) is 0 Å². The normalized spacial score (nSPS) is 11.3. The number of anilines is 3. The SMILES string of the molecule is Nc1ccc(S(N)(=O)=O)cc1Nc1ccccc1Br. The van der Waals surface area contributed by atoms with Crippen LogP contribution in [0.4, 0.5) is 17.1 Å². The summed E-state index contributed by atoms with van der Waals surface area (Å²) in [6, 6.07) is 11.7. The van der Waals surface area contributed by atoms with E-state index in [1.807, 2.05) is 24.3 Å². The lowest BCUT2D eigenvalue weighted by Gasteiger charge is -2.12. The lowest BCUT2D eigenvalue weighted by molar-refractivity contribution is 0.598. The van der Waals surface area contributed by atoms with Gasteiger partial charge in [-0.3, -0.25) is 0 Å². The number of para-hydroxylation sites is 1. The lowest BCUT2D eigenvalue weighted by Crippen LogP contribution is -2.12. The summed E-state index contributed by atoms with van der Waals surface area (Å²) in [6.07, 6.45) is 0. The van der Waals surface area contributed by atoms with E-state index in [1.54, 1.807) is 0 Å². The maximum atomic E-state index is 11.3. The van der Waals surface area contributed by atoms with Crippen LogP contribution in [0.2, 0.25) is 0 Å². The number of sulfonamides is 1. The number of primary sulfonamides is 1. The molecule has 2 rings (SSSR count). The van der Waals surface area contributed by atoms with Crippen LogP contribution in [0.3, 0.4) is 0 Å². The smallest absolute Gasteiger partial charge is 0.238 e. The monoisotopic (exact) mass is 341 g/mol. The average Bonchev–Trinajstić information content (AvgIpc) is 2.33. The molecule has 0 aliphatic carbocycles. The molecule has 100 valence electrons. The highest BCUT2D eigenvalue weighted by Gasteiger charge is 2.11. The minimum atomic E-state index is -3.75. The van der Waals surface area contributed by atoms with Crippen LogP contribution < -0.4 is 16.2 Å². The van der Waals surface area contributed by atoms with E-state index in [9.17, 15) is 8.42 Å². The highest BCUT2D eigenvalue weighted by Crippen LogP contribution is 2.29. The Balaban J connectivity index is 2.43. The summed E-state index contributed by atoms with van der Waals surface area (Å²) in [6.45, 7) is 0. The molecule has 0 unspecified atom stereocenters. The second-order valence-corrected chi connectivity index (χ2v) is 6.31. The van der Waals surface area contributed by atoms with E-state index in [4.69, 9.17) is 10.9 Å². The first-order chi connectivity index (χ1) is 8.88. The summed E-state index contributed by atoms with van der Waals surface area (Å²) in [5.41, 5.74) is 7.51. The molecule has 2 aromatic rings. The van der Waals surface area contributed by atoms with Gasteiger partial charge in [0.2, 0.25) is 10.0 Å². The molecule has 0 radical (unpaired) electrons. The van der Waals surface area contributed by atoms with E-state index in [2.05, 4.69) is 21.2 Å². The van der Waals surface area contributed by atoms with Crippen molar-refractivity contribution in [2.75, 3.05) is 11.1 Å². The van der Waals surface area contributed by atoms with E-state index < -0.39 is 10.0 Å². The molecular weight excluding hydrogens is 330 g/mol. The molecule has 19 heavy (non-hydrogen) atoms. The fraction of sp³-hybridized carbons (Fsp3) is 0. The first-order valence-corrected chi connectivity index (χ1v) is 7.66. The van der Waals surface area contributed by atoms with E-state index in [1.165, 1.54) is 18.2 Å². The van der Waals surface area contributed by atoms with Gasteiger partial charge < -0.3 is 11.1 Å². The van der Waals surface area contributed by atoms with Crippen molar-refractivity contribution in [2.24, 2.45) is 5.14 Å². The number of nitrogen functional groups attached to an aromatic ring is 1. The van der Waals surface area contributed by atoms with Crippen molar-refractivity contribution in [3.8, 4) is 0 Å². The molecule has 0 spiro atoms. The van der Waals surface area contributed by atoms with Crippen molar-refractivity contribution in [2.45, 2.75) is 4.90 Å². The van der Waals surface area contributed by atoms with Crippen molar-refractivity contribution in [1.82, 2.24) is 0 Å². The highest BCUT2D eigenvalue weighted by atomic mass is 79.9. The van der Waals surface area contributed by atoms with Gasteiger partial charge in [-0.1, -0.05) is 12.1 Å². The molecule has 0 fully saturated rings. The number of benzene rings is 2. The van der Waals surface area contributed by atoms with Gasteiger partial charge in [0, 0.05) is 4.47 Å². The number of halogens is 1. The van der Waals surface area contributed by atoms with E-state index in [0.717, 1.165) is 10.2 Å². The van der Waals surface area contributed by atoms with Crippen molar-refractivity contribution < 1.29 is 8.42 Å². The highest BCUT2D eigenvalue weighted by molar-refractivity contribution is 9.10. The van der Waals surface area contributed by atoms with Gasteiger partial charge in [0.25, 0.3) is 0 Å². The molecule has 7 heteroatoms. The quantitative estimate of drug-likeness (QED) is 0.746. The van der Waals surface area contributed by atoms with Crippen molar-refractivity contribution >= 4 is 43.0 Å². The van der Waals surface area contributed by atoms with Crippen molar-refractivity contribution in [3.63, 3.8) is 0 Å². The molecule has 2 aromatic carbocycles. The van der Waals surface area contributed by atoms with Crippen LogP contribution in [0.15, 0.2) is 51.8 Å². The lowest BCUT2D eigenvalue weighted by atomic mass is 10.2. The molecular formula is C12H12BrN3O2S. The third-order valence-corrected chi connectivity index (χ3v) is 4.10. The summed E-state index contributed by atoms with van der Waals surface area (Å²) < 4.78 is 23.5. The van der Waals surface area contributed by atoms with Gasteiger partial charge in [0.05, 0.1) is 22.0 Å². The Morgan fingerprint density at radius 2 is 1.74 bits per heavy atom. The number of hydrogen-bond donors (Lipinski definition) is 3. The van der Waals surface area contributed by atoms with E-state index in [-0.39, 0.29) is 4.90 Å². The average molecular weight is 342 g/mol. The van der Waals surface area contributed by atoms with Crippen LogP contribution in [-0.2, 0) is 10.0 Å². The second-order valence-electron chi connectivity index (χ2n) is 3.90. The van der Waals surface area contributed by atoms with Gasteiger partial charge in [-0.15, -0.1) is 0 Å². The largest absolute Gasteiger partial charge is 0.397 e. The predicted octanol–water partition coefficient (Wildman–Crippen LogP) is 2.42. The molecule has 0 heterocycles. The summed E-state index contributed by atoms with van der Waals surface area (Å²) in [5, 5.41) is 8.15. The first-order valence-electron chi connectivity index (χ1n) is 5.32. The van der Waals surface area contributed by atoms with E-state index in [0.29, 0.717) is 11.4 Å². The predicted molar refractivity (Wildman–Crippen MR) is 79.7 cm³/mol. The number of nitrogens with one attached hydrogen (secondary N) is 1. The fourth-order valence-corrected chi connectivity index (χ4v) is 2.45. The van der Waals surface area contributed by atoms with E-state index >= 15 is 0 Å². The van der Waals surface area contributed by atoms with Crippen LogP contribution in [0.1, 0.15) is 0 Å². The number of nitrogens with two attached hydrogens (primary N) is 2. The molecule has 0 amide bonds. The Morgan fingerprint density at radius 3 is 2.37 bits per heavy atom. The van der Waals surface area contributed by atoms with Gasteiger partial charge in [-0.25, -0.2) is 13.6 Å². The first kappa shape index (κ1) is 13.9. The topological polar surface area (TPSA) is 98.2 Å². The summed E-state index contributed by atoms with van der Waals surface area (Å²) in [4.78, 5) is 0.0104. The number of hydrogen-bond acceptors (Lipinski definition) is 4. The fourth-order valence-electron chi connectivity index (χ4n) is 1.53. The number of rotatable bonds is 3. The molecule has 0 aliphatic heterocycles. The summed E-state index contributed by atoms with van der Waals surface area (Å²) >= 11 is 3.39. The van der Waals surface area contributed by atoms with Crippen LogP contribution in [0.25, 0.3) is 0 Å². The zero-order chi connectivity index (χ0) is 14.0. The zero-order valence-corrected chi connectivity index (χ0v) is 12.2. The summed E-state index contributed by atoms with van der Waals surface area (Å²) in [5.74, 6) is 0. The van der Waals surface area contributed by atoms with Gasteiger partial charge in [-0.2, -0.15) is 0 Å². The van der Waals surface area contributed by atoms with Gasteiger partial charge in [0.15, 0.2) is 0 Å². The molecule has 0 atom stereocenters. The van der Waals surface area contributed by atoms with Crippen molar-refractivity contribution in [3.05, 3.63) is 46.9 Å². The molecule has 0 bridgehead atoms. The third kappa shape index (κ3) is 3.25. The Bertz CT molecular complexity index is 717. The molecule has 0 saturated carbocycles. The van der Waals surface area contributed by atoms with Gasteiger partial charge in [-0.05, 0) is 46.3 Å². The molecule has 5 N–H and O–H groups in total. The van der Waals surface area contributed by atoms with Gasteiger partial charge in [0.1, 0.15) is 0 Å². The van der Waals surface area contributed by atoms with Gasteiger partial charge >= 0.3 is 0 Å². The molecule has 5 nitrogen and oxygen atoms in total. The summed E-state index contributed by atoms with van der Waals surface area (Å²) in [7, 11) is -3.75. The molecule has 0 saturated heterocycles. The minimum absolute atomic E-state index is 0.0104. The molecule has 0 aliphatic rings. The standard InChI is InChI=1S/C12H12BrN3O2S/c13-9-3-1-2-4-11(9)16-12-7-8(19(15,17)18)5-6-10(12)14/h1-7,16H,14H2,(H2,15,17,18). The minimum Gasteiger partial charge on any atom is -0.397 e. The Labute approximate surface area is 119 Å². The van der Waals surface area contributed by atoms with Crippen LogP contribution in [-0.4, -0.2) is 8.42 Å². The Hall–Kier alpha value is -1.57. The maximum Gasteiger partial charge on any atom is 0.238 e.